The van der Waals surface area contributed by atoms with Gasteiger partial charge in [-0.3, -0.25) is 4.99 Å². The lowest BCUT2D eigenvalue weighted by atomic mass is 9.99. The zero-order chi connectivity index (χ0) is 16.6. The van der Waals surface area contributed by atoms with Crippen LogP contribution in [-0.4, -0.2) is 23.7 Å². The van der Waals surface area contributed by atoms with Gasteiger partial charge in [-0.1, -0.05) is 76.8 Å². The van der Waals surface area contributed by atoms with Crippen molar-refractivity contribution in [2.24, 2.45) is 4.99 Å². The summed E-state index contributed by atoms with van der Waals surface area (Å²) >= 11 is 0. The maximum Gasteiger partial charge on any atom is 0.0717 e. The zero-order valence-corrected chi connectivity index (χ0v) is 16.3. The van der Waals surface area contributed by atoms with Crippen LogP contribution < -0.4 is 0 Å². The average molecular weight is 343 g/mol. The van der Waals surface area contributed by atoms with E-state index in [0.29, 0.717) is 6.04 Å². The van der Waals surface area contributed by atoms with E-state index in [1.807, 2.05) is 0 Å². The third-order valence-corrected chi connectivity index (χ3v) is 9.48. The molecule has 0 bridgehead atoms. The molecule has 1 nitrogen and oxygen atoms in total. The molecule has 24 heavy (non-hydrogen) atoms. The highest BCUT2D eigenvalue weighted by Crippen LogP contribution is 2.55. The average Bonchev–Trinajstić information content (AvgIpc) is 2.67. The summed E-state index contributed by atoms with van der Waals surface area (Å²) in [6.07, 6.45) is 18.5. The van der Waals surface area contributed by atoms with Crippen molar-refractivity contribution in [3.05, 3.63) is 35.9 Å². The van der Waals surface area contributed by atoms with Gasteiger partial charge < -0.3 is 0 Å². The number of aliphatic imine (C=N–C) groups is 1. The van der Waals surface area contributed by atoms with Crippen molar-refractivity contribution < 1.29 is 0 Å². The third kappa shape index (κ3) is 5.16. The van der Waals surface area contributed by atoms with E-state index in [2.05, 4.69) is 43.5 Å². The standard InChI is InChI=1S/C22H34NP/c1-19(20-11-5-2-6-12-20)23-17-18-24(21-13-7-3-8-14-21)22-15-9-4-10-16-22/h2,5-6,11-12,17,19,21-22H,3-4,7-10,13-16,18H2,1H3/t19-/m0/s1. The summed E-state index contributed by atoms with van der Waals surface area (Å²) in [5, 5.41) is 0. The molecular formula is C22H34NP. The summed E-state index contributed by atoms with van der Waals surface area (Å²) in [6, 6.07) is 11.0. The van der Waals surface area contributed by atoms with E-state index in [-0.39, 0.29) is 7.92 Å². The minimum atomic E-state index is 0.154. The molecule has 132 valence electrons. The van der Waals surface area contributed by atoms with Crippen LogP contribution in [0.15, 0.2) is 35.3 Å². The molecule has 2 aliphatic rings. The summed E-state index contributed by atoms with van der Waals surface area (Å²) in [7, 11) is 0.154. The van der Waals surface area contributed by atoms with Gasteiger partial charge in [0, 0.05) is 12.4 Å². The first-order valence-electron chi connectivity index (χ1n) is 10.2. The molecule has 1 aromatic rings. The summed E-state index contributed by atoms with van der Waals surface area (Å²) in [5.41, 5.74) is 3.42. The highest BCUT2D eigenvalue weighted by Gasteiger charge is 2.30. The molecule has 0 N–H and O–H groups in total. The Hall–Kier alpha value is -0.680. The minimum absolute atomic E-state index is 0.154. The van der Waals surface area contributed by atoms with Crippen LogP contribution in [0, 0.1) is 0 Å². The topological polar surface area (TPSA) is 12.4 Å². The second kappa shape index (κ2) is 9.71. The molecule has 2 fully saturated rings. The van der Waals surface area contributed by atoms with E-state index >= 15 is 0 Å². The van der Waals surface area contributed by atoms with E-state index in [1.165, 1.54) is 75.9 Å². The van der Waals surface area contributed by atoms with Crippen molar-refractivity contribution in [3.63, 3.8) is 0 Å². The fraction of sp³-hybridized carbons (Fsp3) is 0.682. The predicted molar refractivity (Wildman–Crippen MR) is 109 cm³/mol. The molecule has 0 spiro atoms. The number of nitrogens with zero attached hydrogens (tertiary/aromatic N) is 1. The Morgan fingerprint density at radius 3 is 2.00 bits per heavy atom. The highest BCUT2D eigenvalue weighted by atomic mass is 31.1. The Balaban J connectivity index is 1.61. The molecule has 0 unspecified atom stereocenters. The van der Waals surface area contributed by atoms with Crippen molar-refractivity contribution in [2.75, 3.05) is 6.16 Å². The zero-order valence-electron chi connectivity index (χ0n) is 15.4. The number of hydrogen-bond acceptors (Lipinski definition) is 1. The van der Waals surface area contributed by atoms with Crippen LogP contribution in [0.3, 0.4) is 0 Å². The normalized spacial score (nSPS) is 22.2. The van der Waals surface area contributed by atoms with Gasteiger partial charge in [0.2, 0.25) is 0 Å². The Labute approximate surface area is 150 Å². The number of hydrogen-bond donors (Lipinski definition) is 0. The maximum absolute atomic E-state index is 4.92. The van der Waals surface area contributed by atoms with Crippen molar-refractivity contribution in [1.82, 2.24) is 0 Å². The fourth-order valence-corrected chi connectivity index (χ4v) is 8.07. The second-order valence-corrected chi connectivity index (χ2v) is 10.6. The van der Waals surface area contributed by atoms with Crippen LogP contribution in [-0.2, 0) is 0 Å². The highest BCUT2D eigenvalue weighted by molar-refractivity contribution is 7.60. The van der Waals surface area contributed by atoms with Gasteiger partial charge in [0.15, 0.2) is 0 Å². The molecule has 0 amide bonds. The van der Waals surface area contributed by atoms with Gasteiger partial charge in [-0.25, -0.2) is 0 Å². The SMILES string of the molecule is C[C@H](N=CCP(C1CCCCC1)C1CCCCC1)c1ccccc1. The van der Waals surface area contributed by atoms with E-state index in [9.17, 15) is 0 Å². The first-order chi connectivity index (χ1) is 11.8. The molecule has 0 heterocycles. The van der Waals surface area contributed by atoms with E-state index in [4.69, 9.17) is 4.99 Å². The Morgan fingerprint density at radius 1 is 0.917 bits per heavy atom. The molecule has 0 aromatic heterocycles. The molecule has 0 radical (unpaired) electrons. The van der Waals surface area contributed by atoms with Crippen LogP contribution in [0.5, 0.6) is 0 Å². The molecule has 2 aliphatic carbocycles. The van der Waals surface area contributed by atoms with Crippen LogP contribution >= 0.6 is 7.92 Å². The molecular weight excluding hydrogens is 309 g/mol. The molecule has 2 heteroatoms. The quantitative estimate of drug-likeness (QED) is 0.391. The van der Waals surface area contributed by atoms with Crippen molar-refractivity contribution in [1.29, 1.82) is 0 Å². The first-order valence-corrected chi connectivity index (χ1v) is 11.8. The Morgan fingerprint density at radius 2 is 1.46 bits per heavy atom. The van der Waals surface area contributed by atoms with E-state index in [1.54, 1.807) is 0 Å². The van der Waals surface area contributed by atoms with Gasteiger partial charge in [-0.15, -0.1) is 0 Å². The van der Waals surface area contributed by atoms with Gasteiger partial charge in [0.25, 0.3) is 0 Å². The van der Waals surface area contributed by atoms with Gasteiger partial charge in [0.05, 0.1) is 6.04 Å². The maximum atomic E-state index is 4.92. The summed E-state index contributed by atoms with van der Waals surface area (Å²) < 4.78 is 0. The predicted octanol–water partition coefficient (Wildman–Crippen LogP) is 6.97. The van der Waals surface area contributed by atoms with Crippen LogP contribution in [0.2, 0.25) is 0 Å². The van der Waals surface area contributed by atoms with Gasteiger partial charge in [0.1, 0.15) is 0 Å². The Kier molecular flexibility index (Phi) is 7.33. The lowest BCUT2D eigenvalue weighted by Gasteiger charge is -2.38. The van der Waals surface area contributed by atoms with Crippen molar-refractivity contribution >= 4 is 14.1 Å². The molecule has 1 atom stereocenters. The first kappa shape index (κ1) is 18.1. The summed E-state index contributed by atoms with van der Waals surface area (Å²) in [5.74, 6) is 0. The summed E-state index contributed by atoms with van der Waals surface area (Å²) in [4.78, 5) is 4.92. The molecule has 0 aliphatic heterocycles. The molecule has 3 rings (SSSR count). The number of benzene rings is 1. The minimum Gasteiger partial charge on any atom is -0.289 e. The molecule has 0 saturated heterocycles. The smallest absolute Gasteiger partial charge is 0.0717 e. The molecule has 1 aromatic carbocycles. The largest absolute Gasteiger partial charge is 0.289 e. The third-order valence-electron chi connectivity index (χ3n) is 5.99. The van der Waals surface area contributed by atoms with Gasteiger partial charge in [-0.2, -0.15) is 0 Å². The molecule has 2 saturated carbocycles. The number of rotatable bonds is 6. The van der Waals surface area contributed by atoms with Crippen molar-refractivity contribution in [2.45, 2.75) is 88.5 Å². The van der Waals surface area contributed by atoms with Gasteiger partial charge >= 0.3 is 0 Å². The Bertz CT molecular complexity index is 468. The van der Waals surface area contributed by atoms with E-state index in [0.717, 1.165) is 11.3 Å². The van der Waals surface area contributed by atoms with Gasteiger partial charge in [-0.05, 0) is 49.5 Å². The fourth-order valence-electron chi connectivity index (χ4n) is 4.54. The van der Waals surface area contributed by atoms with Crippen LogP contribution in [0.4, 0.5) is 0 Å². The lowest BCUT2D eigenvalue weighted by molar-refractivity contribution is 0.485. The van der Waals surface area contributed by atoms with Crippen LogP contribution in [0.1, 0.15) is 82.7 Å². The van der Waals surface area contributed by atoms with E-state index < -0.39 is 0 Å². The second-order valence-electron chi connectivity index (χ2n) is 7.70. The van der Waals surface area contributed by atoms with Crippen LogP contribution in [0.25, 0.3) is 0 Å². The van der Waals surface area contributed by atoms with Crippen molar-refractivity contribution in [3.8, 4) is 0 Å². The monoisotopic (exact) mass is 343 g/mol. The lowest BCUT2D eigenvalue weighted by Crippen LogP contribution is -2.22. The summed E-state index contributed by atoms with van der Waals surface area (Å²) in [6.45, 7) is 2.23.